The van der Waals surface area contributed by atoms with Gasteiger partial charge in [-0.2, -0.15) is 0 Å². The van der Waals surface area contributed by atoms with Gasteiger partial charge >= 0.3 is 5.97 Å². The highest BCUT2D eigenvalue weighted by atomic mass is 32.2. The molecule has 1 unspecified atom stereocenters. The molecular formula is C10H13NO4S. The zero-order chi connectivity index (χ0) is 12.3. The van der Waals surface area contributed by atoms with Crippen LogP contribution in [0.15, 0.2) is 29.2 Å². The Hall–Kier alpha value is -1.40. The van der Waals surface area contributed by atoms with Crippen LogP contribution >= 0.6 is 0 Å². The SMILES string of the molecule is CNC(C(=O)O)S(=O)(=O)c1ccc(C)cc1. The van der Waals surface area contributed by atoms with E-state index in [1.807, 2.05) is 6.92 Å². The molecule has 16 heavy (non-hydrogen) atoms. The summed E-state index contributed by atoms with van der Waals surface area (Å²) in [5, 5.41) is 9.43. The van der Waals surface area contributed by atoms with Gasteiger partial charge in [0, 0.05) is 0 Å². The van der Waals surface area contributed by atoms with Crippen molar-refractivity contribution in [1.29, 1.82) is 0 Å². The maximum atomic E-state index is 11.9. The number of benzene rings is 1. The van der Waals surface area contributed by atoms with Gasteiger partial charge in [-0.1, -0.05) is 17.7 Å². The minimum absolute atomic E-state index is 0.000139. The van der Waals surface area contributed by atoms with Crippen LogP contribution in [0.4, 0.5) is 0 Å². The highest BCUT2D eigenvalue weighted by Crippen LogP contribution is 2.15. The van der Waals surface area contributed by atoms with Gasteiger partial charge in [-0.05, 0) is 26.1 Å². The molecule has 0 amide bonds. The molecular weight excluding hydrogens is 230 g/mol. The number of aliphatic carboxylic acids is 1. The molecule has 0 aliphatic rings. The van der Waals surface area contributed by atoms with Crippen LogP contribution < -0.4 is 5.32 Å². The smallest absolute Gasteiger partial charge is 0.336 e. The second-order valence-electron chi connectivity index (χ2n) is 3.37. The van der Waals surface area contributed by atoms with Gasteiger partial charge in [0.25, 0.3) is 0 Å². The Morgan fingerprint density at radius 2 is 1.81 bits per heavy atom. The summed E-state index contributed by atoms with van der Waals surface area (Å²) in [5.74, 6) is -1.41. The number of sulfone groups is 1. The lowest BCUT2D eigenvalue weighted by Crippen LogP contribution is -2.41. The van der Waals surface area contributed by atoms with E-state index >= 15 is 0 Å². The molecule has 6 heteroatoms. The van der Waals surface area contributed by atoms with Crippen molar-refractivity contribution in [3.63, 3.8) is 0 Å². The van der Waals surface area contributed by atoms with Gasteiger partial charge < -0.3 is 5.11 Å². The van der Waals surface area contributed by atoms with E-state index in [-0.39, 0.29) is 4.90 Å². The van der Waals surface area contributed by atoms with E-state index in [2.05, 4.69) is 5.32 Å². The molecule has 0 aliphatic carbocycles. The molecule has 0 heterocycles. The molecule has 0 fully saturated rings. The summed E-state index contributed by atoms with van der Waals surface area (Å²) in [5.41, 5.74) is 0.912. The van der Waals surface area contributed by atoms with E-state index in [9.17, 15) is 13.2 Å². The molecule has 0 aliphatic heterocycles. The zero-order valence-corrected chi connectivity index (χ0v) is 9.78. The predicted octanol–water partition coefficient (Wildman–Crippen LogP) is 0.399. The maximum Gasteiger partial charge on any atom is 0.336 e. The molecule has 88 valence electrons. The molecule has 0 bridgehead atoms. The molecule has 0 radical (unpaired) electrons. The van der Waals surface area contributed by atoms with E-state index < -0.39 is 21.2 Å². The average Bonchev–Trinajstić information content (AvgIpc) is 2.18. The van der Waals surface area contributed by atoms with Gasteiger partial charge in [0.05, 0.1) is 4.90 Å². The van der Waals surface area contributed by atoms with Crippen molar-refractivity contribution >= 4 is 15.8 Å². The summed E-state index contributed by atoms with van der Waals surface area (Å²) in [6.45, 7) is 1.82. The molecule has 1 aromatic carbocycles. The third-order valence-corrected chi connectivity index (χ3v) is 4.13. The number of rotatable bonds is 4. The van der Waals surface area contributed by atoms with Crippen LogP contribution in [0.3, 0.4) is 0 Å². The number of carboxylic acid groups (broad SMARTS) is 1. The molecule has 0 spiro atoms. The largest absolute Gasteiger partial charge is 0.479 e. The fourth-order valence-electron chi connectivity index (χ4n) is 1.28. The normalized spacial score (nSPS) is 13.4. The predicted molar refractivity (Wildman–Crippen MR) is 58.8 cm³/mol. The highest BCUT2D eigenvalue weighted by Gasteiger charge is 2.32. The topological polar surface area (TPSA) is 83.5 Å². The van der Waals surface area contributed by atoms with Crippen LogP contribution in [0.25, 0.3) is 0 Å². The minimum atomic E-state index is -3.88. The molecule has 2 N–H and O–H groups in total. The number of aryl methyl sites for hydroxylation is 1. The van der Waals surface area contributed by atoms with Crippen molar-refractivity contribution in [1.82, 2.24) is 5.32 Å². The quantitative estimate of drug-likeness (QED) is 0.799. The lowest BCUT2D eigenvalue weighted by Gasteiger charge is -2.12. The first-order valence-electron chi connectivity index (χ1n) is 4.60. The van der Waals surface area contributed by atoms with Gasteiger partial charge in [-0.15, -0.1) is 0 Å². The molecule has 1 rings (SSSR count). The van der Waals surface area contributed by atoms with Crippen LogP contribution in [0.1, 0.15) is 5.56 Å². The number of carbonyl (C=O) groups is 1. The van der Waals surface area contributed by atoms with Crippen molar-refractivity contribution in [2.75, 3.05) is 7.05 Å². The zero-order valence-electron chi connectivity index (χ0n) is 8.97. The number of nitrogens with one attached hydrogen (secondary N) is 1. The summed E-state index contributed by atoms with van der Waals surface area (Å²) in [7, 11) is -2.58. The second kappa shape index (κ2) is 4.63. The van der Waals surface area contributed by atoms with Gasteiger partial charge in [-0.25, -0.2) is 13.2 Å². The van der Waals surface area contributed by atoms with Crippen LogP contribution in [0.2, 0.25) is 0 Å². The van der Waals surface area contributed by atoms with Gasteiger partial charge in [0.15, 0.2) is 0 Å². The van der Waals surface area contributed by atoms with Crippen molar-refractivity contribution in [2.45, 2.75) is 17.2 Å². The Morgan fingerprint density at radius 3 is 2.19 bits per heavy atom. The van der Waals surface area contributed by atoms with E-state index in [0.717, 1.165) is 5.56 Å². The first-order valence-corrected chi connectivity index (χ1v) is 6.15. The number of likely N-dealkylation sites (N-methyl/N-ethyl adjacent to an activating group) is 1. The number of carboxylic acids is 1. The fraction of sp³-hybridized carbons (Fsp3) is 0.300. The average molecular weight is 243 g/mol. The molecule has 1 atom stereocenters. The van der Waals surface area contributed by atoms with Crippen molar-refractivity contribution in [3.05, 3.63) is 29.8 Å². The lowest BCUT2D eigenvalue weighted by molar-refractivity contribution is -0.137. The molecule has 0 saturated carbocycles. The highest BCUT2D eigenvalue weighted by molar-refractivity contribution is 7.92. The van der Waals surface area contributed by atoms with Gasteiger partial charge in [0.1, 0.15) is 0 Å². The number of hydrogen-bond acceptors (Lipinski definition) is 4. The third-order valence-electron chi connectivity index (χ3n) is 2.15. The summed E-state index contributed by atoms with van der Waals surface area (Å²) in [6, 6.07) is 6.05. The Morgan fingerprint density at radius 1 is 1.31 bits per heavy atom. The summed E-state index contributed by atoms with van der Waals surface area (Å²) < 4.78 is 23.7. The minimum Gasteiger partial charge on any atom is -0.479 e. The Labute approximate surface area is 94.0 Å². The lowest BCUT2D eigenvalue weighted by atomic mass is 10.2. The molecule has 0 saturated heterocycles. The Bertz CT molecular complexity index is 478. The second-order valence-corrected chi connectivity index (χ2v) is 5.40. The van der Waals surface area contributed by atoms with Crippen LogP contribution in [0, 0.1) is 6.92 Å². The molecule has 5 nitrogen and oxygen atoms in total. The van der Waals surface area contributed by atoms with Crippen LogP contribution in [0.5, 0.6) is 0 Å². The van der Waals surface area contributed by atoms with E-state index in [1.54, 1.807) is 12.1 Å². The standard InChI is InChI=1S/C10H13NO4S/c1-7-3-5-8(6-4-7)16(14,15)9(11-2)10(12)13/h3-6,9,11H,1-2H3,(H,12,13). The van der Waals surface area contributed by atoms with Crippen LogP contribution in [-0.4, -0.2) is 31.9 Å². The summed E-state index contributed by atoms with van der Waals surface area (Å²) in [6.07, 6.45) is 0. The first kappa shape index (κ1) is 12.7. The van der Waals surface area contributed by atoms with Crippen LogP contribution in [-0.2, 0) is 14.6 Å². The van der Waals surface area contributed by atoms with E-state index in [0.29, 0.717) is 0 Å². The monoisotopic (exact) mass is 243 g/mol. The third kappa shape index (κ3) is 2.40. The Balaban J connectivity index is 3.20. The molecule has 1 aromatic rings. The van der Waals surface area contributed by atoms with Crippen molar-refractivity contribution in [3.8, 4) is 0 Å². The van der Waals surface area contributed by atoms with Gasteiger partial charge in [0.2, 0.25) is 15.2 Å². The summed E-state index contributed by atoms with van der Waals surface area (Å²) >= 11 is 0. The summed E-state index contributed by atoms with van der Waals surface area (Å²) in [4.78, 5) is 10.8. The van der Waals surface area contributed by atoms with Crippen molar-refractivity contribution in [2.24, 2.45) is 0 Å². The maximum absolute atomic E-state index is 11.9. The molecule has 0 aromatic heterocycles. The van der Waals surface area contributed by atoms with E-state index in [4.69, 9.17) is 5.11 Å². The van der Waals surface area contributed by atoms with Crippen molar-refractivity contribution < 1.29 is 18.3 Å². The fourth-order valence-corrected chi connectivity index (χ4v) is 2.64. The van der Waals surface area contributed by atoms with Gasteiger partial charge in [-0.3, -0.25) is 5.32 Å². The number of hydrogen-bond donors (Lipinski definition) is 2. The Kier molecular flexibility index (Phi) is 3.66. The van der Waals surface area contributed by atoms with E-state index in [1.165, 1.54) is 19.2 Å². The first-order chi connectivity index (χ1) is 7.39.